The minimum absolute atomic E-state index is 0.00425. The molecule has 1 rings (SSSR count). The number of hydrogen-bond acceptors (Lipinski definition) is 5. The largest absolute Gasteiger partial charge is 0.481 e. The van der Waals surface area contributed by atoms with Crippen LogP contribution in [0.15, 0.2) is 16.3 Å². The number of aliphatic carboxylic acids is 1. The SMILES string of the molecule is CC(C)CNC(=O)CNS(=O)(=O)c1ccc(CC(=O)O)s1. The van der Waals surface area contributed by atoms with Crippen LogP contribution in [0.4, 0.5) is 0 Å². The zero-order valence-corrected chi connectivity index (χ0v) is 13.4. The fourth-order valence-corrected chi connectivity index (χ4v) is 3.73. The van der Waals surface area contributed by atoms with Crippen molar-refractivity contribution in [3.05, 3.63) is 17.0 Å². The Bertz CT molecular complexity index is 607. The average molecular weight is 334 g/mol. The fourth-order valence-electron chi connectivity index (χ4n) is 1.36. The molecule has 1 aromatic rings. The molecule has 118 valence electrons. The second-order valence-corrected chi connectivity index (χ2v) is 7.98. The molecule has 0 fully saturated rings. The van der Waals surface area contributed by atoms with Gasteiger partial charge in [-0.05, 0) is 18.1 Å². The first-order valence-electron chi connectivity index (χ1n) is 6.27. The molecule has 0 unspecified atom stereocenters. The lowest BCUT2D eigenvalue weighted by molar-refractivity contribution is -0.136. The Kier molecular flexibility index (Phi) is 6.31. The molecular formula is C12H18N2O5S2. The summed E-state index contributed by atoms with van der Waals surface area (Å²) >= 11 is 0.875. The monoisotopic (exact) mass is 334 g/mol. The van der Waals surface area contributed by atoms with Crippen LogP contribution in [0.25, 0.3) is 0 Å². The van der Waals surface area contributed by atoms with Crippen molar-refractivity contribution in [1.82, 2.24) is 10.0 Å². The summed E-state index contributed by atoms with van der Waals surface area (Å²) in [5.74, 6) is -1.15. The maximum Gasteiger partial charge on any atom is 0.308 e. The number of rotatable bonds is 8. The van der Waals surface area contributed by atoms with E-state index in [1.54, 1.807) is 0 Å². The molecule has 0 saturated heterocycles. The molecule has 0 atom stereocenters. The van der Waals surface area contributed by atoms with Crippen molar-refractivity contribution in [2.75, 3.05) is 13.1 Å². The van der Waals surface area contributed by atoms with Crippen molar-refractivity contribution in [3.63, 3.8) is 0 Å². The molecular weight excluding hydrogens is 316 g/mol. The van der Waals surface area contributed by atoms with Crippen LogP contribution in [0.3, 0.4) is 0 Å². The Labute approximate surface area is 127 Å². The number of carboxylic acids is 1. The lowest BCUT2D eigenvalue weighted by Gasteiger charge is -2.08. The third kappa shape index (κ3) is 6.23. The van der Waals surface area contributed by atoms with Gasteiger partial charge in [0.2, 0.25) is 5.91 Å². The van der Waals surface area contributed by atoms with Gasteiger partial charge in [-0.15, -0.1) is 11.3 Å². The summed E-state index contributed by atoms with van der Waals surface area (Å²) in [6.07, 6.45) is -0.227. The van der Waals surface area contributed by atoms with Gasteiger partial charge in [0.05, 0.1) is 13.0 Å². The first-order chi connectivity index (χ1) is 9.70. The van der Waals surface area contributed by atoms with Crippen molar-refractivity contribution in [1.29, 1.82) is 0 Å². The molecule has 21 heavy (non-hydrogen) atoms. The van der Waals surface area contributed by atoms with E-state index in [2.05, 4.69) is 10.0 Å². The summed E-state index contributed by atoms with van der Waals surface area (Å²) in [6, 6.07) is 2.78. The molecule has 0 radical (unpaired) electrons. The zero-order valence-electron chi connectivity index (χ0n) is 11.8. The van der Waals surface area contributed by atoms with Crippen LogP contribution in [-0.4, -0.2) is 38.5 Å². The Morgan fingerprint density at radius 3 is 2.57 bits per heavy atom. The van der Waals surface area contributed by atoms with Crippen LogP contribution in [0.2, 0.25) is 0 Å². The predicted molar refractivity (Wildman–Crippen MR) is 78.7 cm³/mol. The van der Waals surface area contributed by atoms with E-state index in [-0.39, 0.29) is 23.1 Å². The third-order valence-electron chi connectivity index (χ3n) is 2.36. The maximum atomic E-state index is 11.9. The number of carboxylic acid groups (broad SMARTS) is 1. The van der Waals surface area contributed by atoms with Gasteiger partial charge in [0.25, 0.3) is 10.0 Å². The molecule has 1 aromatic heterocycles. The number of carbonyl (C=O) groups excluding carboxylic acids is 1. The molecule has 9 heteroatoms. The summed E-state index contributed by atoms with van der Waals surface area (Å²) < 4.78 is 26.1. The van der Waals surface area contributed by atoms with Gasteiger partial charge in [-0.1, -0.05) is 13.8 Å². The summed E-state index contributed by atoms with van der Waals surface area (Å²) in [4.78, 5) is 22.5. The van der Waals surface area contributed by atoms with Crippen LogP contribution in [0, 0.1) is 5.92 Å². The minimum atomic E-state index is -3.79. The van der Waals surface area contributed by atoms with E-state index >= 15 is 0 Å². The first-order valence-corrected chi connectivity index (χ1v) is 8.57. The number of amides is 1. The second kappa shape index (κ2) is 7.53. The van der Waals surface area contributed by atoms with E-state index in [1.165, 1.54) is 12.1 Å². The van der Waals surface area contributed by atoms with Gasteiger partial charge in [-0.2, -0.15) is 0 Å². The van der Waals surface area contributed by atoms with Crippen molar-refractivity contribution < 1.29 is 23.1 Å². The Morgan fingerprint density at radius 2 is 2.00 bits per heavy atom. The van der Waals surface area contributed by atoms with Crippen LogP contribution in [0.5, 0.6) is 0 Å². The number of hydrogen-bond donors (Lipinski definition) is 3. The van der Waals surface area contributed by atoms with E-state index in [9.17, 15) is 18.0 Å². The predicted octanol–water partition coefficient (Wildman–Crippen LogP) is 0.426. The summed E-state index contributed by atoms with van der Waals surface area (Å²) in [7, 11) is -3.79. The van der Waals surface area contributed by atoms with Crippen LogP contribution in [-0.2, 0) is 26.0 Å². The van der Waals surface area contributed by atoms with Crippen LogP contribution in [0.1, 0.15) is 18.7 Å². The highest BCUT2D eigenvalue weighted by atomic mass is 32.2. The number of carbonyl (C=O) groups is 2. The molecule has 0 aliphatic heterocycles. The van der Waals surface area contributed by atoms with Crippen molar-refractivity contribution >= 4 is 33.2 Å². The standard InChI is InChI=1S/C12H18N2O5S2/c1-8(2)6-13-10(15)7-14-21(18,19)12-4-3-9(20-12)5-11(16)17/h3-4,8,14H,5-7H2,1-2H3,(H,13,15)(H,16,17). The van der Waals surface area contributed by atoms with E-state index in [4.69, 9.17) is 5.11 Å². The van der Waals surface area contributed by atoms with E-state index in [0.717, 1.165) is 11.3 Å². The maximum absolute atomic E-state index is 11.9. The molecule has 3 N–H and O–H groups in total. The molecule has 0 saturated carbocycles. The van der Waals surface area contributed by atoms with Crippen LogP contribution >= 0.6 is 11.3 Å². The van der Waals surface area contributed by atoms with E-state index < -0.39 is 21.9 Å². The Hall–Kier alpha value is -1.45. The second-order valence-electron chi connectivity index (χ2n) is 4.81. The van der Waals surface area contributed by atoms with Gasteiger partial charge < -0.3 is 10.4 Å². The minimum Gasteiger partial charge on any atom is -0.481 e. The van der Waals surface area contributed by atoms with Gasteiger partial charge in [-0.3, -0.25) is 9.59 Å². The normalized spacial score (nSPS) is 11.6. The third-order valence-corrected chi connectivity index (χ3v) is 5.34. The summed E-state index contributed by atoms with van der Waals surface area (Å²) in [5.41, 5.74) is 0. The molecule has 0 spiro atoms. The lowest BCUT2D eigenvalue weighted by atomic mass is 10.2. The fraction of sp³-hybridized carbons (Fsp3) is 0.500. The molecule has 0 aliphatic carbocycles. The molecule has 1 heterocycles. The first kappa shape index (κ1) is 17.6. The van der Waals surface area contributed by atoms with Gasteiger partial charge in [0, 0.05) is 11.4 Å². The molecule has 0 aromatic carbocycles. The number of sulfonamides is 1. The number of nitrogens with one attached hydrogen (secondary N) is 2. The highest BCUT2D eigenvalue weighted by molar-refractivity contribution is 7.91. The molecule has 7 nitrogen and oxygen atoms in total. The summed E-state index contributed by atoms with van der Waals surface area (Å²) in [6.45, 7) is 3.99. The van der Waals surface area contributed by atoms with E-state index in [0.29, 0.717) is 11.4 Å². The van der Waals surface area contributed by atoms with Gasteiger partial charge in [0.1, 0.15) is 4.21 Å². The highest BCUT2D eigenvalue weighted by Gasteiger charge is 2.18. The summed E-state index contributed by atoms with van der Waals surface area (Å²) in [5, 5.41) is 11.2. The van der Waals surface area contributed by atoms with Crippen molar-refractivity contribution in [3.8, 4) is 0 Å². The van der Waals surface area contributed by atoms with Crippen molar-refractivity contribution in [2.45, 2.75) is 24.5 Å². The number of thiophene rings is 1. The highest BCUT2D eigenvalue weighted by Crippen LogP contribution is 2.21. The molecule has 0 bridgehead atoms. The Morgan fingerprint density at radius 1 is 1.33 bits per heavy atom. The topological polar surface area (TPSA) is 113 Å². The van der Waals surface area contributed by atoms with Gasteiger partial charge in [0.15, 0.2) is 0 Å². The van der Waals surface area contributed by atoms with Crippen molar-refractivity contribution in [2.24, 2.45) is 5.92 Å². The van der Waals surface area contributed by atoms with Gasteiger partial charge >= 0.3 is 5.97 Å². The molecule has 1 amide bonds. The van der Waals surface area contributed by atoms with Gasteiger partial charge in [-0.25, -0.2) is 13.1 Å². The smallest absolute Gasteiger partial charge is 0.308 e. The lowest BCUT2D eigenvalue weighted by Crippen LogP contribution is -2.38. The zero-order chi connectivity index (χ0) is 16.0. The molecule has 0 aliphatic rings. The quantitative estimate of drug-likeness (QED) is 0.638. The van der Waals surface area contributed by atoms with Crippen LogP contribution < -0.4 is 10.0 Å². The van der Waals surface area contributed by atoms with E-state index in [1.807, 2.05) is 13.8 Å². The average Bonchev–Trinajstić information content (AvgIpc) is 2.82. The Balaban J connectivity index is 2.59.